The van der Waals surface area contributed by atoms with Crippen molar-refractivity contribution in [3.63, 3.8) is 0 Å². The lowest BCUT2D eigenvalue weighted by Gasteiger charge is -2.37. The van der Waals surface area contributed by atoms with Crippen molar-refractivity contribution in [3.8, 4) is 11.5 Å². The van der Waals surface area contributed by atoms with Gasteiger partial charge in [0.2, 0.25) is 6.79 Å². The maximum Gasteiger partial charge on any atom is 0.321 e. The number of carbonyl (C=O) groups is 1. The lowest BCUT2D eigenvalue weighted by Crippen LogP contribution is -2.50. The van der Waals surface area contributed by atoms with Gasteiger partial charge in [-0.15, -0.1) is 0 Å². The molecule has 1 fully saturated rings. The van der Waals surface area contributed by atoms with E-state index in [-0.39, 0.29) is 12.8 Å². The Balaban J connectivity index is 1.38. The van der Waals surface area contributed by atoms with Crippen LogP contribution in [0, 0.1) is 6.92 Å². The number of aryl methyl sites for hydroxylation is 2. The molecule has 2 aromatic carbocycles. The van der Waals surface area contributed by atoms with Crippen molar-refractivity contribution in [2.75, 3.05) is 43.2 Å². The van der Waals surface area contributed by atoms with E-state index in [0.717, 1.165) is 25.2 Å². The SMILES string of the molecule is CCc1cccc(C)c1N1CCN(C(=O)Nc2ccc3c(c2)OCO3)CC1. The van der Waals surface area contributed by atoms with Crippen LogP contribution in [0.15, 0.2) is 36.4 Å². The fraction of sp³-hybridized carbons (Fsp3) is 0.381. The maximum absolute atomic E-state index is 12.6. The summed E-state index contributed by atoms with van der Waals surface area (Å²) in [4.78, 5) is 16.9. The van der Waals surface area contributed by atoms with Crippen molar-refractivity contribution in [2.45, 2.75) is 20.3 Å². The summed E-state index contributed by atoms with van der Waals surface area (Å²) in [5, 5.41) is 2.96. The van der Waals surface area contributed by atoms with Crippen LogP contribution in [0.3, 0.4) is 0 Å². The number of para-hydroxylation sites is 1. The number of nitrogens with one attached hydrogen (secondary N) is 1. The third-order valence-corrected chi connectivity index (χ3v) is 5.21. The highest BCUT2D eigenvalue weighted by Crippen LogP contribution is 2.34. The van der Waals surface area contributed by atoms with Gasteiger partial charge in [-0.05, 0) is 36.6 Å². The van der Waals surface area contributed by atoms with Gasteiger partial charge in [0.05, 0.1) is 0 Å². The van der Waals surface area contributed by atoms with Gasteiger partial charge in [0.25, 0.3) is 0 Å². The zero-order valence-corrected chi connectivity index (χ0v) is 15.8. The molecule has 0 unspecified atom stereocenters. The van der Waals surface area contributed by atoms with Crippen molar-refractivity contribution in [1.29, 1.82) is 0 Å². The summed E-state index contributed by atoms with van der Waals surface area (Å²) >= 11 is 0. The molecule has 0 radical (unpaired) electrons. The number of ether oxygens (including phenoxy) is 2. The molecule has 2 aliphatic heterocycles. The Morgan fingerprint density at radius 3 is 2.63 bits per heavy atom. The van der Waals surface area contributed by atoms with Crippen molar-refractivity contribution >= 4 is 17.4 Å². The molecule has 1 N–H and O–H groups in total. The number of nitrogens with zero attached hydrogens (tertiary/aromatic N) is 2. The zero-order valence-electron chi connectivity index (χ0n) is 15.8. The van der Waals surface area contributed by atoms with Crippen LogP contribution in [-0.2, 0) is 6.42 Å². The maximum atomic E-state index is 12.6. The molecule has 0 saturated carbocycles. The van der Waals surface area contributed by atoms with Crippen molar-refractivity contribution < 1.29 is 14.3 Å². The summed E-state index contributed by atoms with van der Waals surface area (Å²) < 4.78 is 10.7. The van der Waals surface area contributed by atoms with Gasteiger partial charge >= 0.3 is 6.03 Å². The molecule has 6 nitrogen and oxygen atoms in total. The van der Waals surface area contributed by atoms with Gasteiger partial charge < -0.3 is 24.6 Å². The van der Waals surface area contributed by atoms with Gasteiger partial charge in [0.15, 0.2) is 11.5 Å². The van der Waals surface area contributed by atoms with Gasteiger partial charge in [-0.25, -0.2) is 4.79 Å². The van der Waals surface area contributed by atoms with Crippen LogP contribution >= 0.6 is 0 Å². The Kier molecular flexibility index (Phi) is 4.79. The van der Waals surface area contributed by atoms with Crippen molar-refractivity contribution in [2.24, 2.45) is 0 Å². The first-order valence-corrected chi connectivity index (χ1v) is 9.44. The number of hydrogen-bond acceptors (Lipinski definition) is 4. The highest BCUT2D eigenvalue weighted by Gasteiger charge is 2.24. The normalized spacial score (nSPS) is 15.8. The summed E-state index contributed by atoms with van der Waals surface area (Å²) in [7, 11) is 0. The predicted octanol–water partition coefficient (Wildman–Crippen LogP) is 3.64. The minimum Gasteiger partial charge on any atom is -0.454 e. The van der Waals surface area contributed by atoms with E-state index in [9.17, 15) is 4.79 Å². The largest absolute Gasteiger partial charge is 0.454 e. The number of amides is 2. The van der Waals surface area contributed by atoms with E-state index in [0.29, 0.717) is 24.6 Å². The van der Waals surface area contributed by atoms with Crippen LogP contribution in [-0.4, -0.2) is 43.9 Å². The van der Waals surface area contributed by atoms with Gasteiger partial charge in [0, 0.05) is 43.6 Å². The van der Waals surface area contributed by atoms with E-state index in [1.54, 1.807) is 6.07 Å². The lowest BCUT2D eigenvalue weighted by molar-refractivity contribution is 0.174. The van der Waals surface area contributed by atoms with E-state index in [1.807, 2.05) is 17.0 Å². The fourth-order valence-electron chi connectivity index (χ4n) is 3.77. The number of carbonyl (C=O) groups excluding carboxylic acids is 1. The first kappa shape index (κ1) is 17.5. The molecule has 0 bridgehead atoms. The smallest absolute Gasteiger partial charge is 0.321 e. The van der Waals surface area contributed by atoms with Gasteiger partial charge in [-0.1, -0.05) is 25.1 Å². The number of hydrogen-bond donors (Lipinski definition) is 1. The summed E-state index contributed by atoms with van der Waals surface area (Å²) in [6.45, 7) is 7.66. The van der Waals surface area contributed by atoms with Crippen LogP contribution in [0.25, 0.3) is 0 Å². The van der Waals surface area contributed by atoms with Crippen LogP contribution in [0.5, 0.6) is 11.5 Å². The van der Waals surface area contributed by atoms with Crippen molar-refractivity contribution in [1.82, 2.24) is 4.90 Å². The highest BCUT2D eigenvalue weighted by molar-refractivity contribution is 5.90. The molecule has 1 saturated heterocycles. The van der Waals surface area contributed by atoms with E-state index >= 15 is 0 Å². The molecule has 6 heteroatoms. The number of benzene rings is 2. The Labute approximate surface area is 159 Å². The van der Waals surface area contributed by atoms with E-state index in [4.69, 9.17) is 9.47 Å². The molecule has 142 valence electrons. The highest BCUT2D eigenvalue weighted by atomic mass is 16.7. The van der Waals surface area contributed by atoms with Gasteiger partial charge in [-0.2, -0.15) is 0 Å². The molecule has 0 aliphatic carbocycles. The second-order valence-corrected chi connectivity index (χ2v) is 6.91. The molecule has 0 aromatic heterocycles. The molecule has 4 rings (SSSR count). The van der Waals surface area contributed by atoms with E-state index in [2.05, 4.69) is 42.3 Å². The standard InChI is InChI=1S/C21H25N3O3/c1-3-16-6-4-5-15(2)20(16)23-9-11-24(12-10-23)21(25)22-17-7-8-18-19(13-17)27-14-26-18/h4-8,13H,3,9-12,14H2,1-2H3,(H,22,25). The quantitative estimate of drug-likeness (QED) is 0.900. The number of rotatable bonds is 3. The first-order valence-electron chi connectivity index (χ1n) is 9.44. The van der Waals surface area contributed by atoms with Gasteiger partial charge in [-0.3, -0.25) is 0 Å². The third-order valence-electron chi connectivity index (χ3n) is 5.21. The Morgan fingerprint density at radius 1 is 1.07 bits per heavy atom. The fourth-order valence-corrected chi connectivity index (χ4v) is 3.77. The molecule has 0 atom stereocenters. The summed E-state index contributed by atoms with van der Waals surface area (Å²) in [6, 6.07) is 11.9. The molecule has 2 aromatic rings. The monoisotopic (exact) mass is 367 g/mol. The van der Waals surface area contributed by atoms with Crippen LogP contribution in [0.2, 0.25) is 0 Å². The summed E-state index contributed by atoms with van der Waals surface area (Å²) in [5.41, 5.74) is 4.72. The second kappa shape index (κ2) is 7.39. The first-order chi connectivity index (χ1) is 13.2. The number of anilines is 2. The molecule has 27 heavy (non-hydrogen) atoms. The summed E-state index contributed by atoms with van der Waals surface area (Å²) in [5.74, 6) is 1.39. The molecule has 2 aliphatic rings. The average Bonchev–Trinajstić information content (AvgIpc) is 3.15. The van der Waals surface area contributed by atoms with Crippen LogP contribution in [0.1, 0.15) is 18.1 Å². The van der Waals surface area contributed by atoms with Crippen molar-refractivity contribution in [3.05, 3.63) is 47.5 Å². The molecule has 0 spiro atoms. The Morgan fingerprint density at radius 2 is 1.85 bits per heavy atom. The van der Waals surface area contributed by atoms with Gasteiger partial charge in [0.1, 0.15) is 0 Å². The van der Waals surface area contributed by atoms with Crippen LogP contribution in [0.4, 0.5) is 16.2 Å². The second-order valence-electron chi connectivity index (χ2n) is 6.91. The average molecular weight is 367 g/mol. The number of piperazine rings is 1. The molecular weight excluding hydrogens is 342 g/mol. The predicted molar refractivity (Wildman–Crippen MR) is 106 cm³/mol. The van der Waals surface area contributed by atoms with E-state index < -0.39 is 0 Å². The zero-order chi connectivity index (χ0) is 18.8. The van der Waals surface area contributed by atoms with Crippen LogP contribution < -0.4 is 19.7 Å². The Hall–Kier alpha value is -2.89. The Bertz CT molecular complexity index is 845. The number of urea groups is 1. The lowest BCUT2D eigenvalue weighted by atomic mass is 10.0. The molecular formula is C21H25N3O3. The molecule has 2 amide bonds. The van der Waals surface area contributed by atoms with E-state index in [1.165, 1.54) is 16.8 Å². The third kappa shape index (κ3) is 3.52. The summed E-state index contributed by atoms with van der Waals surface area (Å²) in [6.07, 6.45) is 1.02. The minimum atomic E-state index is -0.0750. The topological polar surface area (TPSA) is 54.0 Å². The minimum absolute atomic E-state index is 0.0750. The number of fused-ring (bicyclic) bond motifs is 1. The molecule has 2 heterocycles.